The highest BCUT2D eigenvalue weighted by atomic mass is 127. The van der Waals surface area contributed by atoms with Crippen LogP contribution in [0, 0.1) is 0 Å². The van der Waals surface area contributed by atoms with Crippen molar-refractivity contribution >= 4 is 45.9 Å². The Bertz CT molecular complexity index is 744. The number of aromatic nitrogens is 1. The van der Waals surface area contributed by atoms with Crippen molar-refractivity contribution in [3.8, 4) is 0 Å². The standard InChI is InChI=1S/C19H24BrN5O.HI/c1-21-19(22-18-12-17(18)14-2-4-15(20)5-3-14)25-9-7-24(8-10-25)13-16-6-11-26-23-16;/h2-6,11,17-18H,7-10,12-13H2,1H3,(H,21,22);1H. The summed E-state index contributed by atoms with van der Waals surface area (Å²) in [6, 6.07) is 11.1. The maximum Gasteiger partial charge on any atom is 0.193 e. The molecule has 0 bridgehead atoms. The van der Waals surface area contributed by atoms with E-state index in [9.17, 15) is 0 Å². The number of aliphatic imine (C=N–C) groups is 1. The van der Waals surface area contributed by atoms with Gasteiger partial charge in [0.05, 0.1) is 5.69 Å². The summed E-state index contributed by atoms with van der Waals surface area (Å²) in [6.07, 6.45) is 2.81. The maximum atomic E-state index is 4.92. The lowest BCUT2D eigenvalue weighted by molar-refractivity contribution is 0.169. The van der Waals surface area contributed by atoms with Crippen LogP contribution in [0.15, 0.2) is 50.6 Å². The van der Waals surface area contributed by atoms with Crippen LogP contribution < -0.4 is 5.32 Å². The molecule has 1 saturated heterocycles. The van der Waals surface area contributed by atoms with Crippen LogP contribution in [0.3, 0.4) is 0 Å². The van der Waals surface area contributed by atoms with Gasteiger partial charge in [0.15, 0.2) is 5.96 Å². The van der Waals surface area contributed by atoms with E-state index in [1.807, 2.05) is 13.1 Å². The number of nitrogens with zero attached hydrogens (tertiary/aromatic N) is 4. The molecule has 6 nitrogen and oxygen atoms in total. The number of nitrogens with one attached hydrogen (secondary N) is 1. The second-order valence-electron chi connectivity index (χ2n) is 6.95. The fraction of sp³-hybridized carbons (Fsp3) is 0.474. The molecule has 4 rings (SSSR count). The zero-order valence-electron chi connectivity index (χ0n) is 15.3. The molecular formula is C19H25BrIN5O. The van der Waals surface area contributed by atoms with Gasteiger partial charge in [-0.1, -0.05) is 33.2 Å². The zero-order valence-corrected chi connectivity index (χ0v) is 19.3. The Morgan fingerprint density at radius 3 is 2.59 bits per heavy atom. The second-order valence-corrected chi connectivity index (χ2v) is 7.86. The minimum Gasteiger partial charge on any atom is -0.364 e. The third-order valence-electron chi connectivity index (χ3n) is 5.16. The fourth-order valence-electron chi connectivity index (χ4n) is 3.56. The minimum absolute atomic E-state index is 0. The van der Waals surface area contributed by atoms with Gasteiger partial charge in [-0.05, 0) is 24.1 Å². The average Bonchev–Trinajstić information content (AvgIpc) is 3.24. The van der Waals surface area contributed by atoms with Crippen molar-refractivity contribution in [3.63, 3.8) is 0 Å². The summed E-state index contributed by atoms with van der Waals surface area (Å²) in [6.45, 7) is 4.83. The van der Waals surface area contributed by atoms with Crippen molar-refractivity contribution in [2.45, 2.75) is 24.9 Å². The molecule has 1 aromatic heterocycles. The number of benzene rings is 1. The molecule has 0 radical (unpaired) electrons. The van der Waals surface area contributed by atoms with Crippen LogP contribution in [0.5, 0.6) is 0 Å². The van der Waals surface area contributed by atoms with E-state index in [-0.39, 0.29) is 24.0 Å². The Hall–Kier alpha value is -1.13. The first-order chi connectivity index (χ1) is 12.7. The first kappa shape index (κ1) is 20.6. The van der Waals surface area contributed by atoms with Gasteiger partial charge in [-0.25, -0.2) is 0 Å². The molecule has 1 saturated carbocycles. The van der Waals surface area contributed by atoms with Gasteiger partial charge >= 0.3 is 0 Å². The van der Waals surface area contributed by atoms with Gasteiger partial charge in [-0.15, -0.1) is 24.0 Å². The summed E-state index contributed by atoms with van der Waals surface area (Å²) >= 11 is 3.50. The lowest BCUT2D eigenvalue weighted by Gasteiger charge is -2.36. The van der Waals surface area contributed by atoms with Crippen LogP contribution in [0.4, 0.5) is 0 Å². The van der Waals surface area contributed by atoms with Gasteiger partial charge in [0.25, 0.3) is 0 Å². The molecule has 0 amide bonds. The molecule has 2 aromatic rings. The van der Waals surface area contributed by atoms with Crippen molar-refractivity contribution in [2.24, 2.45) is 4.99 Å². The molecule has 1 aliphatic heterocycles. The topological polar surface area (TPSA) is 56.9 Å². The number of hydrogen-bond donors (Lipinski definition) is 1. The van der Waals surface area contributed by atoms with E-state index in [2.05, 4.69) is 65.5 Å². The highest BCUT2D eigenvalue weighted by Crippen LogP contribution is 2.41. The molecule has 2 heterocycles. The molecule has 1 aromatic carbocycles. The Labute approximate surface area is 185 Å². The van der Waals surface area contributed by atoms with Gasteiger partial charge in [0.2, 0.25) is 0 Å². The van der Waals surface area contributed by atoms with Crippen molar-refractivity contribution in [3.05, 3.63) is 52.3 Å². The molecule has 1 N–H and O–H groups in total. The Morgan fingerprint density at radius 2 is 1.96 bits per heavy atom. The molecule has 2 fully saturated rings. The Morgan fingerprint density at radius 1 is 1.22 bits per heavy atom. The van der Waals surface area contributed by atoms with Gasteiger partial charge in [-0.2, -0.15) is 0 Å². The van der Waals surface area contributed by atoms with Crippen LogP contribution in [-0.4, -0.2) is 60.2 Å². The number of guanidine groups is 1. The lowest BCUT2D eigenvalue weighted by Crippen LogP contribution is -2.52. The Balaban J connectivity index is 0.00000210. The third kappa shape index (κ3) is 5.23. The SMILES string of the molecule is CN=C(NC1CC1c1ccc(Br)cc1)N1CCN(Cc2ccon2)CC1.I. The van der Waals surface area contributed by atoms with Crippen LogP contribution in [0.1, 0.15) is 23.6 Å². The van der Waals surface area contributed by atoms with Crippen molar-refractivity contribution < 1.29 is 4.52 Å². The summed E-state index contributed by atoms with van der Waals surface area (Å²) in [4.78, 5) is 9.28. The predicted molar refractivity (Wildman–Crippen MR) is 121 cm³/mol. The largest absolute Gasteiger partial charge is 0.364 e. The van der Waals surface area contributed by atoms with E-state index in [1.54, 1.807) is 6.26 Å². The molecule has 1 aliphatic carbocycles. The quantitative estimate of drug-likeness (QED) is 0.363. The van der Waals surface area contributed by atoms with Crippen molar-refractivity contribution in [1.82, 2.24) is 20.3 Å². The second kappa shape index (κ2) is 9.38. The summed E-state index contributed by atoms with van der Waals surface area (Å²) in [5.41, 5.74) is 2.40. The van der Waals surface area contributed by atoms with Gasteiger partial charge in [0, 0.05) is 62.3 Å². The number of hydrogen-bond acceptors (Lipinski definition) is 4. The molecule has 2 unspecified atom stereocenters. The monoisotopic (exact) mass is 545 g/mol. The number of rotatable bonds is 4. The van der Waals surface area contributed by atoms with Crippen molar-refractivity contribution in [1.29, 1.82) is 0 Å². The maximum absolute atomic E-state index is 4.92. The molecule has 2 atom stereocenters. The van der Waals surface area contributed by atoms with Crippen LogP contribution in [0.25, 0.3) is 0 Å². The average molecular weight is 546 g/mol. The molecule has 2 aliphatic rings. The Kier molecular flexibility index (Phi) is 7.16. The van der Waals surface area contributed by atoms with E-state index < -0.39 is 0 Å². The van der Waals surface area contributed by atoms with Gasteiger partial charge in [-0.3, -0.25) is 9.89 Å². The van der Waals surface area contributed by atoms with E-state index in [0.29, 0.717) is 12.0 Å². The zero-order chi connectivity index (χ0) is 17.9. The fourth-order valence-corrected chi connectivity index (χ4v) is 3.83. The summed E-state index contributed by atoms with van der Waals surface area (Å²) in [5, 5.41) is 7.65. The smallest absolute Gasteiger partial charge is 0.193 e. The highest BCUT2D eigenvalue weighted by Gasteiger charge is 2.39. The summed E-state index contributed by atoms with van der Waals surface area (Å²) in [7, 11) is 1.88. The van der Waals surface area contributed by atoms with E-state index >= 15 is 0 Å². The summed E-state index contributed by atoms with van der Waals surface area (Å²) < 4.78 is 6.05. The first-order valence-corrected chi connectivity index (χ1v) is 9.87. The van der Waals surface area contributed by atoms with Crippen LogP contribution in [-0.2, 0) is 6.54 Å². The van der Waals surface area contributed by atoms with E-state index in [4.69, 9.17) is 4.52 Å². The number of piperazine rings is 1. The molecule has 8 heteroatoms. The first-order valence-electron chi connectivity index (χ1n) is 9.08. The minimum atomic E-state index is 0. The molecule has 27 heavy (non-hydrogen) atoms. The molecule has 146 valence electrons. The van der Waals surface area contributed by atoms with Gasteiger partial charge < -0.3 is 14.7 Å². The third-order valence-corrected chi connectivity index (χ3v) is 5.69. The lowest BCUT2D eigenvalue weighted by atomic mass is 10.1. The van der Waals surface area contributed by atoms with E-state index in [1.165, 1.54) is 12.0 Å². The van der Waals surface area contributed by atoms with Crippen molar-refractivity contribution in [2.75, 3.05) is 33.2 Å². The molecule has 0 spiro atoms. The van der Waals surface area contributed by atoms with Gasteiger partial charge in [0.1, 0.15) is 6.26 Å². The normalized spacial score (nSPS) is 23.0. The number of halogens is 2. The highest BCUT2D eigenvalue weighted by molar-refractivity contribution is 14.0. The molecular weight excluding hydrogens is 521 g/mol. The predicted octanol–water partition coefficient (Wildman–Crippen LogP) is 3.30. The van der Waals surface area contributed by atoms with E-state index in [0.717, 1.165) is 48.8 Å². The van der Waals surface area contributed by atoms with Crippen LogP contribution >= 0.6 is 39.9 Å². The summed E-state index contributed by atoms with van der Waals surface area (Å²) in [5.74, 6) is 1.61. The van der Waals surface area contributed by atoms with Crippen LogP contribution in [0.2, 0.25) is 0 Å².